The van der Waals surface area contributed by atoms with Gasteiger partial charge in [-0.2, -0.15) is 0 Å². The molecule has 0 spiro atoms. The van der Waals surface area contributed by atoms with Crippen LogP contribution in [0, 0.1) is 20.8 Å². The van der Waals surface area contributed by atoms with Crippen molar-refractivity contribution in [2.24, 2.45) is 0 Å². The van der Waals surface area contributed by atoms with Crippen LogP contribution in [0.3, 0.4) is 0 Å². The van der Waals surface area contributed by atoms with Gasteiger partial charge in [0.1, 0.15) is 5.82 Å². The molecule has 0 amide bonds. The van der Waals surface area contributed by atoms with E-state index in [1.807, 2.05) is 32.9 Å². The van der Waals surface area contributed by atoms with Gasteiger partial charge in [0.05, 0.1) is 5.69 Å². The number of aromatic amines is 1. The Morgan fingerprint density at radius 3 is 2.28 bits per heavy atom. The molecule has 0 fully saturated rings. The zero-order valence-electron chi connectivity index (χ0n) is 11.2. The van der Waals surface area contributed by atoms with E-state index >= 15 is 0 Å². The summed E-state index contributed by atoms with van der Waals surface area (Å²) in [6.07, 6.45) is 0.756. The Balaban J connectivity index is 2.64. The molecule has 0 atom stereocenters. The lowest BCUT2D eigenvalue weighted by atomic mass is 10.1. The third-order valence-corrected chi connectivity index (χ3v) is 2.94. The van der Waals surface area contributed by atoms with Crippen LogP contribution in [-0.4, -0.2) is 15.0 Å². The van der Waals surface area contributed by atoms with E-state index in [4.69, 9.17) is 0 Å². The maximum absolute atomic E-state index is 11.9. The van der Waals surface area contributed by atoms with E-state index < -0.39 is 0 Å². The van der Waals surface area contributed by atoms with Crippen molar-refractivity contribution in [3.8, 4) is 11.4 Å². The van der Waals surface area contributed by atoms with Crippen molar-refractivity contribution < 1.29 is 0 Å². The summed E-state index contributed by atoms with van der Waals surface area (Å²) in [4.78, 5) is 23.5. The van der Waals surface area contributed by atoms with Crippen LogP contribution in [-0.2, 0) is 6.42 Å². The van der Waals surface area contributed by atoms with E-state index in [0.717, 1.165) is 29.1 Å². The Bertz CT molecular complexity index is 624. The van der Waals surface area contributed by atoms with Crippen LogP contribution in [0.2, 0.25) is 0 Å². The fourth-order valence-electron chi connectivity index (χ4n) is 2.03. The van der Waals surface area contributed by atoms with Gasteiger partial charge in [0.25, 0.3) is 5.56 Å². The highest BCUT2D eigenvalue weighted by molar-refractivity contribution is 5.56. The molecule has 2 heterocycles. The first kappa shape index (κ1) is 12.5. The number of pyridine rings is 1. The smallest absolute Gasteiger partial charge is 0.254 e. The van der Waals surface area contributed by atoms with Crippen LogP contribution < -0.4 is 5.56 Å². The lowest BCUT2D eigenvalue weighted by Crippen LogP contribution is -2.15. The number of nitrogens with zero attached hydrogens (tertiary/aromatic N) is 2. The first-order valence-electron chi connectivity index (χ1n) is 6.06. The molecule has 18 heavy (non-hydrogen) atoms. The SMILES string of the molecule is CCc1nc(-c2cc(C)nc(C)c2)[nH]c(=O)c1C. The van der Waals surface area contributed by atoms with E-state index in [1.165, 1.54) is 0 Å². The molecule has 0 aliphatic heterocycles. The topological polar surface area (TPSA) is 58.6 Å². The van der Waals surface area contributed by atoms with E-state index in [9.17, 15) is 4.79 Å². The maximum Gasteiger partial charge on any atom is 0.254 e. The van der Waals surface area contributed by atoms with Crippen molar-refractivity contribution in [3.63, 3.8) is 0 Å². The predicted octanol–water partition coefficient (Wildman–Crippen LogP) is 2.32. The highest BCUT2D eigenvalue weighted by atomic mass is 16.1. The lowest BCUT2D eigenvalue weighted by molar-refractivity contribution is 0.953. The van der Waals surface area contributed by atoms with Crippen LogP contribution in [0.4, 0.5) is 0 Å². The predicted molar refractivity (Wildman–Crippen MR) is 71.7 cm³/mol. The summed E-state index contributed by atoms with van der Waals surface area (Å²) < 4.78 is 0. The highest BCUT2D eigenvalue weighted by Gasteiger charge is 2.08. The van der Waals surface area contributed by atoms with Gasteiger partial charge >= 0.3 is 0 Å². The van der Waals surface area contributed by atoms with Crippen LogP contribution in [0.1, 0.15) is 29.6 Å². The fraction of sp³-hybridized carbons (Fsp3) is 0.357. The van der Waals surface area contributed by atoms with E-state index in [1.54, 1.807) is 6.92 Å². The van der Waals surface area contributed by atoms with Gasteiger partial charge in [0.15, 0.2) is 0 Å². The first-order chi connectivity index (χ1) is 8.51. The number of aromatic nitrogens is 3. The molecule has 1 N–H and O–H groups in total. The Labute approximate surface area is 106 Å². The van der Waals surface area contributed by atoms with Gasteiger partial charge in [-0.3, -0.25) is 9.78 Å². The Morgan fingerprint density at radius 2 is 1.72 bits per heavy atom. The number of H-pyrrole nitrogens is 1. The van der Waals surface area contributed by atoms with Gasteiger partial charge in [-0.25, -0.2) is 4.98 Å². The molecule has 0 unspecified atom stereocenters. The quantitative estimate of drug-likeness (QED) is 0.880. The maximum atomic E-state index is 11.9. The van der Waals surface area contributed by atoms with Crippen molar-refractivity contribution in [2.45, 2.75) is 34.1 Å². The number of hydrogen-bond acceptors (Lipinski definition) is 3. The third kappa shape index (κ3) is 2.32. The monoisotopic (exact) mass is 243 g/mol. The van der Waals surface area contributed by atoms with Crippen molar-refractivity contribution in [3.05, 3.63) is 45.1 Å². The van der Waals surface area contributed by atoms with Crippen LogP contribution >= 0.6 is 0 Å². The number of hydrogen-bond donors (Lipinski definition) is 1. The summed E-state index contributed by atoms with van der Waals surface area (Å²) in [5, 5.41) is 0. The standard InChI is InChI=1S/C14H17N3O/c1-5-12-10(4)14(18)17-13(16-12)11-6-8(2)15-9(3)7-11/h6-7H,5H2,1-4H3,(H,16,17,18). The van der Waals surface area contributed by atoms with Crippen molar-refractivity contribution in [2.75, 3.05) is 0 Å². The molecule has 2 aromatic rings. The van der Waals surface area contributed by atoms with Gasteiger partial charge in [-0.15, -0.1) is 0 Å². The highest BCUT2D eigenvalue weighted by Crippen LogP contribution is 2.16. The summed E-state index contributed by atoms with van der Waals surface area (Å²) in [6, 6.07) is 3.86. The molecule has 0 bridgehead atoms. The average Bonchev–Trinajstić information content (AvgIpc) is 2.31. The molecule has 2 aromatic heterocycles. The van der Waals surface area contributed by atoms with Crippen molar-refractivity contribution in [1.29, 1.82) is 0 Å². The molecule has 4 nitrogen and oxygen atoms in total. The van der Waals surface area contributed by atoms with Crippen LogP contribution in [0.5, 0.6) is 0 Å². The zero-order chi connectivity index (χ0) is 13.3. The molecule has 4 heteroatoms. The minimum atomic E-state index is -0.0658. The lowest BCUT2D eigenvalue weighted by Gasteiger charge is -2.07. The van der Waals surface area contributed by atoms with Gasteiger partial charge in [-0.1, -0.05) is 6.92 Å². The minimum Gasteiger partial charge on any atom is -0.306 e. The largest absolute Gasteiger partial charge is 0.306 e. The summed E-state index contributed by atoms with van der Waals surface area (Å²) in [6.45, 7) is 7.67. The second-order valence-corrected chi connectivity index (χ2v) is 4.48. The van der Waals surface area contributed by atoms with E-state index in [-0.39, 0.29) is 5.56 Å². The molecular formula is C14H17N3O. The van der Waals surface area contributed by atoms with Gasteiger partial charge in [0, 0.05) is 22.5 Å². The van der Waals surface area contributed by atoms with Gasteiger partial charge < -0.3 is 4.98 Å². The normalized spacial score (nSPS) is 10.7. The Morgan fingerprint density at radius 1 is 1.11 bits per heavy atom. The number of nitrogens with one attached hydrogen (secondary N) is 1. The number of aryl methyl sites for hydroxylation is 3. The fourth-order valence-corrected chi connectivity index (χ4v) is 2.03. The molecule has 0 aromatic carbocycles. The first-order valence-corrected chi connectivity index (χ1v) is 6.06. The molecular weight excluding hydrogens is 226 g/mol. The average molecular weight is 243 g/mol. The van der Waals surface area contributed by atoms with E-state index in [2.05, 4.69) is 15.0 Å². The second-order valence-electron chi connectivity index (χ2n) is 4.48. The molecule has 0 radical (unpaired) electrons. The summed E-state index contributed by atoms with van der Waals surface area (Å²) in [5.41, 5.74) is 4.23. The Hall–Kier alpha value is -1.97. The molecule has 0 aliphatic rings. The zero-order valence-corrected chi connectivity index (χ0v) is 11.2. The molecule has 2 rings (SSSR count). The minimum absolute atomic E-state index is 0.0658. The molecule has 0 saturated carbocycles. The van der Waals surface area contributed by atoms with Crippen molar-refractivity contribution >= 4 is 0 Å². The summed E-state index contributed by atoms with van der Waals surface area (Å²) in [5.74, 6) is 0.621. The number of rotatable bonds is 2. The second kappa shape index (κ2) is 4.72. The van der Waals surface area contributed by atoms with Gasteiger partial charge in [0.2, 0.25) is 0 Å². The van der Waals surface area contributed by atoms with Crippen LogP contribution in [0.25, 0.3) is 11.4 Å². The molecule has 94 valence electrons. The summed E-state index contributed by atoms with van der Waals surface area (Å²) in [7, 11) is 0. The third-order valence-electron chi connectivity index (χ3n) is 2.94. The van der Waals surface area contributed by atoms with Gasteiger partial charge in [-0.05, 0) is 39.3 Å². The van der Waals surface area contributed by atoms with Crippen molar-refractivity contribution in [1.82, 2.24) is 15.0 Å². The van der Waals surface area contributed by atoms with E-state index in [0.29, 0.717) is 11.4 Å². The van der Waals surface area contributed by atoms with Crippen LogP contribution in [0.15, 0.2) is 16.9 Å². The Kier molecular flexibility index (Phi) is 3.28. The summed E-state index contributed by atoms with van der Waals surface area (Å²) >= 11 is 0. The molecule has 0 aliphatic carbocycles. The molecule has 0 saturated heterocycles.